The van der Waals surface area contributed by atoms with Crippen molar-refractivity contribution in [2.45, 2.75) is 153 Å². The molecule has 5 atom stereocenters. The molecule has 1 aromatic rings. The molecule has 0 aromatic heterocycles. The predicted octanol–water partition coefficient (Wildman–Crippen LogP) is 4.43. The molecule has 14 nitrogen and oxygen atoms in total. The summed E-state index contributed by atoms with van der Waals surface area (Å²) in [6.45, 7) is 8.22. The average molecular weight is 784 g/mol. The van der Waals surface area contributed by atoms with Crippen molar-refractivity contribution in [1.82, 2.24) is 25.2 Å². The van der Waals surface area contributed by atoms with Gasteiger partial charge < -0.3 is 25.0 Å². The van der Waals surface area contributed by atoms with E-state index in [0.29, 0.717) is 32.4 Å². The molecule has 3 aliphatic carbocycles. The number of amides is 5. The third-order valence-electron chi connectivity index (χ3n) is 13.0. The highest BCUT2D eigenvalue weighted by Gasteiger charge is 2.62. The second-order valence-electron chi connectivity index (χ2n) is 18.0. The minimum atomic E-state index is -3.88. The molecular weight excluding hydrogens is 727 g/mol. The molecule has 1 saturated heterocycles. The number of carbonyl (C=O) groups is 5. The highest BCUT2D eigenvalue weighted by atomic mass is 32.2. The smallest absolute Gasteiger partial charge is 0.410 e. The fourth-order valence-electron chi connectivity index (χ4n) is 9.34. The maximum atomic E-state index is 14.6. The van der Waals surface area contributed by atoms with Crippen LogP contribution in [0.4, 0.5) is 9.59 Å². The first kappa shape index (κ1) is 39.4. The van der Waals surface area contributed by atoms with Crippen molar-refractivity contribution in [2.24, 2.45) is 16.7 Å². The second-order valence-corrected chi connectivity index (χ2v) is 20.0. The van der Waals surface area contributed by atoms with E-state index in [1.807, 2.05) is 39.8 Å². The summed E-state index contributed by atoms with van der Waals surface area (Å²) in [4.78, 5) is 72.7. The molecule has 0 radical (unpaired) electrons. The summed E-state index contributed by atoms with van der Waals surface area (Å²) < 4.78 is 39.6. The van der Waals surface area contributed by atoms with Crippen LogP contribution in [0.25, 0.3) is 0 Å². The number of nitrogens with zero attached hydrogens (tertiary/aromatic N) is 2. The zero-order valence-corrected chi connectivity index (χ0v) is 33.4. The van der Waals surface area contributed by atoms with Crippen molar-refractivity contribution in [3.05, 3.63) is 34.9 Å². The third kappa shape index (κ3) is 8.18. The average Bonchev–Trinajstić information content (AvgIpc) is 3.94. The first-order valence-electron chi connectivity index (χ1n) is 20.2. The number of rotatable bonds is 6. The van der Waals surface area contributed by atoms with Gasteiger partial charge in [0.05, 0.1) is 18.4 Å². The van der Waals surface area contributed by atoms with E-state index in [1.165, 1.54) is 10.5 Å². The van der Waals surface area contributed by atoms with Crippen LogP contribution in [0, 0.1) is 16.7 Å². The number of carbonyl (C=O) groups excluding carboxylic acids is 5. The van der Waals surface area contributed by atoms with Crippen LogP contribution in [-0.2, 0) is 53.4 Å². The number of cyclic esters (lactones) is 1. The molecule has 3 saturated carbocycles. The van der Waals surface area contributed by atoms with Crippen LogP contribution in [0.1, 0.15) is 121 Å². The number of aryl methyl sites for hydroxylation is 1. The molecule has 7 rings (SSSR count). The van der Waals surface area contributed by atoms with Gasteiger partial charge in [0.25, 0.3) is 5.91 Å². The molecule has 0 unspecified atom stereocenters. The number of ether oxygens (including phenoxy) is 2. The lowest BCUT2D eigenvalue weighted by Crippen LogP contribution is -2.60. The van der Waals surface area contributed by atoms with Crippen LogP contribution in [0.15, 0.2) is 18.2 Å². The molecule has 3 N–H and O–H groups in total. The Balaban J connectivity index is 1.16. The van der Waals surface area contributed by atoms with Gasteiger partial charge in [-0.1, -0.05) is 71.6 Å². The molecule has 4 bridgehead atoms. The van der Waals surface area contributed by atoms with Gasteiger partial charge in [-0.15, -0.1) is 0 Å². The second kappa shape index (κ2) is 14.9. The van der Waals surface area contributed by atoms with E-state index in [9.17, 15) is 32.4 Å². The molecule has 1 aromatic carbocycles. The summed E-state index contributed by atoms with van der Waals surface area (Å²) in [5.74, 6) is -2.29. The summed E-state index contributed by atoms with van der Waals surface area (Å²) in [5, 5.41) is 5.04. The van der Waals surface area contributed by atoms with Crippen molar-refractivity contribution < 1.29 is 41.9 Å². The number of hydrogen-bond donors (Lipinski definition) is 3. The van der Waals surface area contributed by atoms with Crippen molar-refractivity contribution in [1.29, 1.82) is 0 Å². The normalized spacial score (nSPS) is 30.0. The van der Waals surface area contributed by atoms with Gasteiger partial charge in [0, 0.05) is 24.9 Å². The monoisotopic (exact) mass is 783 g/mol. The number of nitrogens with one attached hydrogen (secondary N) is 3. The standard InChI is InChI=1S/C40H57N5O9S/c1-5-27-20-40(27,35(48)43-55(51,52)29-14-15-29)42-33(46)31-19-28-22-45(31)34(47)32(38(2,3)4)41-36(49)53-24-39(17-8-9-18-39)16-7-6-11-25-12-10-13-26-21-44(23-30(25)26)37(50)54-28/h10,12-13,27-29,31-32H,5-9,11,14-24H2,1-4H3,(H,41,49)(H,42,46)(H,43,48)/t27-,28+,31-,32+,40+/m0/s1. The van der Waals surface area contributed by atoms with Crippen molar-refractivity contribution in [3.8, 4) is 0 Å². The van der Waals surface area contributed by atoms with Crippen LogP contribution >= 0.6 is 0 Å². The quantitative estimate of drug-likeness (QED) is 0.376. The molecule has 6 aliphatic rings. The number of hydrogen-bond acceptors (Lipinski definition) is 9. The molecule has 15 heteroatoms. The van der Waals surface area contributed by atoms with E-state index < -0.39 is 74.3 Å². The van der Waals surface area contributed by atoms with Gasteiger partial charge in [0.15, 0.2) is 0 Å². The molecule has 4 fully saturated rings. The topological polar surface area (TPSA) is 181 Å². The van der Waals surface area contributed by atoms with E-state index in [1.54, 1.807) is 4.90 Å². The molecule has 302 valence electrons. The Kier molecular flexibility index (Phi) is 10.7. The Morgan fingerprint density at radius 2 is 1.69 bits per heavy atom. The lowest BCUT2D eigenvalue weighted by atomic mass is 9.81. The summed E-state index contributed by atoms with van der Waals surface area (Å²) >= 11 is 0. The van der Waals surface area contributed by atoms with Crippen LogP contribution < -0.4 is 15.4 Å². The first-order valence-corrected chi connectivity index (χ1v) is 21.8. The SMILES string of the molecule is CC[C@H]1C[C@]1(NC(=O)[C@@H]1C[C@@H]2CN1C(=O)[C@H](C(C)(C)C)NC(=O)OCC1(CCCCc3cccc4c3CN(C4)C(=O)O2)CCCC1)C(=O)NS(=O)(=O)C1CC1. The Hall–Kier alpha value is -3.88. The van der Waals surface area contributed by atoms with Crippen molar-refractivity contribution in [3.63, 3.8) is 0 Å². The Bertz CT molecular complexity index is 1820. The van der Waals surface area contributed by atoms with Crippen molar-refractivity contribution in [2.75, 3.05) is 13.2 Å². The minimum absolute atomic E-state index is 0.0476. The molecular formula is C40H57N5O9S. The van der Waals surface area contributed by atoms with Crippen LogP contribution in [0.5, 0.6) is 0 Å². The van der Waals surface area contributed by atoms with E-state index >= 15 is 0 Å². The van der Waals surface area contributed by atoms with Gasteiger partial charge in [-0.05, 0) is 79.4 Å². The van der Waals surface area contributed by atoms with Gasteiger partial charge in [-0.3, -0.25) is 24.0 Å². The van der Waals surface area contributed by atoms with E-state index in [-0.39, 0.29) is 37.3 Å². The number of benzene rings is 1. The fourth-order valence-corrected chi connectivity index (χ4v) is 10.7. The maximum Gasteiger partial charge on any atom is 0.410 e. The number of alkyl carbamates (subject to hydrolysis) is 1. The number of fused-ring (bicyclic) bond motifs is 3. The first-order chi connectivity index (χ1) is 26.0. The minimum Gasteiger partial charge on any atom is -0.449 e. The van der Waals surface area contributed by atoms with E-state index in [4.69, 9.17) is 9.47 Å². The molecule has 3 aliphatic heterocycles. The summed E-state index contributed by atoms with van der Waals surface area (Å²) in [7, 11) is -3.88. The van der Waals surface area contributed by atoms with E-state index in [0.717, 1.165) is 62.5 Å². The van der Waals surface area contributed by atoms with Gasteiger partial charge in [-0.2, -0.15) is 0 Å². The molecule has 55 heavy (non-hydrogen) atoms. The summed E-state index contributed by atoms with van der Waals surface area (Å²) in [5.41, 5.74) is 1.01. The van der Waals surface area contributed by atoms with Gasteiger partial charge in [0.2, 0.25) is 21.8 Å². The molecule has 5 amide bonds. The molecule has 1 spiro atoms. The largest absolute Gasteiger partial charge is 0.449 e. The van der Waals surface area contributed by atoms with Crippen LogP contribution in [0.2, 0.25) is 0 Å². The fraction of sp³-hybridized carbons (Fsp3) is 0.725. The predicted molar refractivity (Wildman–Crippen MR) is 202 cm³/mol. The van der Waals surface area contributed by atoms with Gasteiger partial charge >= 0.3 is 12.2 Å². The number of sulfonamides is 1. The lowest BCUT2D eigenvalue weighted by molar-refractivity contribution is -0.143. The van der Waals surface area contributed by atoms with E-state index in [2.05, 4.69) is 21.4 Å². The summed E-state index contributed by atoms with van der Waals surface area (Å²) in [6, 6.07) is 3.89. The lowest BCUT2D eigenvalue weighted by Gasteiger charge is -2.36. The molecule has 3 heterocycles. The Labute approximate surface area is 324 Å². The summed E-state index contributed by atoms with van der Waals surface area (Å²) in [6.07, 6.45) is 7.36. The van der Waals surface area contributed by atoms with Crippen LogP contribution in [-0.4, -0.2) is 90.3 Å². The zero-order valence-electron chi connectivity index (χ0n) is 32.6. The highest BCUT2D eigenvalue weighted by molar-refractivity contribution is 7.91. The van der Waals surface area contributed by atoms with Gasteiger partial charge in [0.1, 0.15) is 23.7 Å². The Morgan fingerprint density at radius 3 is 2.35 bits per heavy atom. The van der Waals surface area contributed by atoms with Crippen molar-refractivity contribution >= 4 is 39.9 Å². The zero-order chi connectivity index (χ0) is 39.3. The Morgan fingerprint density at radius 1 is 1.00 bits per heavy atom. The third-order valence-corrected chi connectivity index (χ3v) is 14.8. The van der Waals surface area contributed by atoms with Gasteiger partial charge in [-0.25, -0.2) is 18.0 Å². The highest BCUT2D eigenvalue weighted by Crippen LogP contribution is 2.47. The van der Waals surface area contributed by atoms with Crippen LogP contribution in [0.3, 0.4) is 0 Å². The maximum absolute atomic E-state index is 14.6.